The summed E-state index contributed by atoms with van der Waals surface area (Å²) < 4.78 is 0. The molecule has 0 atom stereocenters. The van der Waals surface area contributed by atoms with E-state index in [1.165, 1.54) is 16.7 Å². The van der Waals surface area contributed by atoms with Gasteiger partial charge < -0.3 is 10.6 Å². The number of fused-ring (bicyclic) bond motifs is 1. The number of H-pyrrole nitrogens is 1. The van der Waals surface area contributed by atoms with Gasteiger partial charge in [-0.15, -0.1) is 0 Å². The molecule has 1 aromatic heterocycles. The summed E-state index contributed by atoms with van der Waals surface area (Å²) in [5.41, 5.74) is 9.33. The quantitative estimate of drug-likeness (QED) is 0.462. The zero-order valence-electron chi connectivity index (χ0n) is 18.2. The molecule has 1 aliphatic carbocycles. The number of anilines is 2. The Morgan fingerprint density at radius 3 is 2.40 bits per heavy atom. The first kappa shape index (κ1) is 20.0. The van der Waals surface area contributed by atoms with E-state index in [1.54, 1.807) is 0 Å². The Balaban J connectivity index is 1.58. The molecule has 3 aromatic rings. The third-order valence-electron chi connectivity index (χ3n) is 5.57. The Hall–Kier alpha value is -3.27. The highest BCUT2D eigenvalue weighted by Gasteiger charge is 2.14. The molecule has 1 aliphatic rings. The molecule has 1 heterocycles. The summed E-state index contributed by atoms with van der Waals surface area (Å²) in [4.78, 5) is 0. The van der Waals surface area contributed by atoms with Crippen molar-refractivity contribution >= 4 is 23.5 Å². The van der Waals surface area contributed by atoms with Crippen molar-refractivity contribution in [3.05, 3.63) is 77.1 Å². The maximum absolute atomic E-state index is 4.45. The van der Waals surface area contributed by atoms with Crippen molar-refractivity contribution in [3.8, 4) is 11.1 Å². The van der Waals surface area contributed by atoms with Gasteiger partial charge in [0.25, 0.3) is 0 Å². The molecule has 0 unspecified atom stereocenters. The van der Waals surface area contributed by atoms with Gasteiger partial charge in [-0.1, -0.05) is 69.3 Å². The predicted octanol–water partition coefficient (Wildman–Crippen LogP) is 6.46. The fraction of sp³-hybridized carbons (Fsp3) is 0.269. The maximum atomic E-state index is 4.45. The molecule has 30 heavy (non-hydrogen) atoms. The number of hydrogen-bond acceptors (Lipinski definition) is 3. The molecule has 0 radical (unpaired) electrons. The fourth-order valence-corrected chi connectivity index (χ4v) is 3.73. The van der Waals surface area contributed by atoms with Crippen molar-refractivity contribution in [2.24, 2.45) is 0 Å². The lowest BCUT2D eigenvalue weighted by Crippen LogP contribution is -2.10. The van der Waals surface area contributed by atoms with E-state index < -0.39 is 0 Å². The van der Waals surface area contributed by atoms with Gasteiger partial charge in [0, 0.05) is 12.6 Å². The van der Waals surface area contributed by atoms with Crippen LogP contribution >= 0.6 is 0 Å². The van der Waals surface area contributed by atoms with Crippen LogP contribution < -0.4 is 10.6 Å². The predicted molar refractivity (Wildman–Crippen MR) is 129 cm³/mol. The molecule has 0 amide bonds. The molecule has 0 spiro atoms. The largest absolute Gasteiger partial charge is 0.386 e. The molecule has 4 heteroatoms. The summed E-state index contributed by atoms with van der Waals surface area (Å²) in [6.45, 7) is 7.41. The van der Waals surface area contributed by atoms with E-state index >= 15 is 0 Å². The molecule has 0 aliphatic heterocycles. The Morgan fingerprint density at radius 2 is 1.67 bits per heavy atom. The molecule has 2 aromatic carbocycles. The summed E-state index contributed by atoms with van der Waals surface area (Å²) in [5.74, 6) is 0. The Bertz CT molecular complexity index is 1080. The van der Waals surface area contributed by atoms with Crippen LogP contribution in [0.15, 0.2) is 54.6 Å². The van der Waals surface area contributed by atoms with Crippen molar-refractivity contribution in [3.63, 3.8) is 0 Å². The van der Waals surface area contributed by atoms with Crippen LogP contribution in [0.5, 0.6) is 0 Å². The topological polar surface area (TPSA) is 52.7 Å². The number of benzene rings is 2. The molecule has 3 N–H and O–H groups in total. The van der Waals surface area contributed by atoms with Crippen molar-refractivity contribution in [1.29, 1.82) is 0 Å². The van der Waals surface area contributed by atoms with Gasteiger partial charge in [0.15, 0.2) is 0 Å². The number of aromatic nitrogens is 2. The number of allylic oxidation sites excluding steroid dienone is 2. The van der Waals surface area contributed by atoms with Crippen LogP contribution in [-0.2, 0) is 12.0 Å². The minimum atomic E-state index is 0.160. The van der Waals surface area contributed by atoms with Crippen molar-refractivity contribution in [1.82, 2.24) is 10.2 Å². The highest BCUT2D eigenvalue weighted by Crippen LogP contribution is 2.31. The second-order valence-corrected chi connectivity index (χ2v) is 8.73. The van der Waals surface area contributed by atoms with Gasteiger partial charge >= 0.3 is 0 Å². The smallest absolute Gasteiger partial charge is 0.0921 e. The normalized spacial score (nSPS) is 13.1. The standard InChI is InChI=1S/C26H30N4/c1-26(2,3)20-13-10-18(11-14-20)19-12-15-23(27-4)24(16-19)28-17-25-21-8-6-5-7-9-22(21)29-30-25/h6-16,27-28H,5,17H2,1-4H3,(H,29,30). The van der Waals surface area contributed by atoms with Crippen LogP contribution in [0.25, 0.3) is 23.3 Å². The van der Waals surface area contributed by atoms with Gasteiger partial charge in [-0.3, -0.25) is 5.10 Å². The number of nitrogens with one attached hydrogen (secondary N) is 3. The molecule has 0 bridgehead atoms. The van der Waals surface area contributed by atoms with Gasteiger partial charge in [0.1, 0.15) is 0 Å². The van der Waals surface area contributed by atoms with E-state index in [4.69, 9.17) is 0 Å². The number of rotatable bonds is 5. The first-order chi connectivity index (χ1) is 14.5. The highest BCUT2D eigenvalue weighted by molar-refractivity contribution is 5.78. The first-order valence-electron chi connectivity index (χ1n) is 10.5. The van der Waals surface area contributed by atoms with Crippen LogP contribution in [-0.4, -0.2) is 17.2 Å². The van der Waals surface area contributed by atoms with E-state index in [9.17, 15) is 0 Å². The molecular formula is C26H30N4. The van der Waals surface area contributed by atoms with Crippen LogP contribution in [0.3, 0.4) is 0 Å². The Morgan fingerprint density at radius 1 is 0.933 bits per heavy atom. The number of aromatic amines is 1. The zero-order chi connectivity index (χ0) is 21.1. The Kier molecular flexibility index (Phi) is 5.49. The van der Waals surface area contributed by atoms with Crippen LogP contribution in [0.2, 0.25) is 0 Å². The molecule has 0 saturated heterocycles. The van der Waals surface area contributed by atoms with Gasteiger partial charge in [0.05, 0.1) is 29.3 Å². The van der Waals surface area contributed by atoms with Gasteiger partial charge in [-0.05, 0) is 46.7 Å². The zero-order valence-corrected chi connectivity index (χ0v) is 18.2. The maximum Gasteiger partial charge on any atom is 0.0921 e. The molecule has 4 rings (SSSR count). The molecule has 4 nitrogen and oxygen atoms in total. The molecule has 154 valence electrons. The van der Waals surface area contributed by atoms with E-state index in [-0.39, 0.29) is 5.41 Å². The highest BCUT2D eigenvalue weighted by atomic mass is 15.1. The van der Waals surface area contributed by atoms with Crippen LogP contribution in [0.1, 0.15) is 49.7 Å². The fourth-order valence-electron chi connectivity index (χ4n) is 3.73. The summed E-state index contributed by atoms with van der Waals surface area (Å²) in [7, 11) is 1.95. The lowest BCUT2D eigenvalue weighted by atomic mass is 9.86. The summed E-state index contributed by atoms with van der Waals surface area (Å²) in [6.07, 6.45) is 9.48. The average Bonchev–Trinajstić information content (AvgIpc) is 2.97. The second-order valence-electron chi connectivity index (χ2n) is 8.73. The third kappa shape index (κ3) is 4.18. The number of hydrogen-bond donors (Lipinski definition) is 3. The van der Waals surface area contributed by atoms with Crippen molar-refractivity contribution in [2.45, 2.75) is 39.2 Å². The number of nitrogens with zero attached hydrogens (tertiary/aromatic N) is 1. The lowest BCUT2D eigenvalue weighted by molar-refractivity contribution is 0.590. The minimum Gasteiger partial charge on any atom is -0.386 e. The van der Waals surface area contributed by atoms with Gasteiger partial charge in [0.2, 0.25) is 0 Å². The molecule has 0 saturated carbocycles. The van der Waals surface area contributed by atoms with E-state index in [2.05, 4.69) is 108 Å². The van der Waals surface area contributed by atoms with E-state index in [0.29, 0.717) is 6.54 Å². The first-order valence-corrected chi connectivity index (χ1v) is 10.5. The minimum absolute atomic E-state index is 0.160. The van der Waals surface area contributed by atoms with Crippen LogP contribution in [0, 0.1) is 0 Å². The van der Waals surface area contributed by atoms with Gasteiger partial charge in [-0.25, -0.2) is 0 Å². The van der Waals surface area contributed by atoms with Crippen molar-refractivity contribution < 1.29 is 0 Å². The molecular weight excluding hydrogens is 368 g/mol. The average molecular weight is 399 g/mol. The summed E-state index contributed by atoms with van der Waals surface area (Å²) in [5, 5.41) is 14.5. The third-order valence-corrected chi connectivity index (χ3v) is 5.57. The SMILES string of the molecule is CNc1ccc(-c2ccc(C(C)(C)C)cc2)cc1NCc1[nH]nc2c1C=CCC=C2. The van der Waals surface area contributed by atoms with E-state index in [1.807, 2.05) is 7.05 Å². The van der Waals surface area contributed by atoms with Crippen LogP contribution in [0.4, 0.5) is 11.4 Å². The second kappa shape index (κ2) is 8.23. The van der Waals surface area contributed by atoms with E-state index in [0.717, 1.165) is 34.7 Å². The Labute approximate surface area is 179 Å². The van der Waals surface area contributed by atoms with Gasteiger partial charge in [-0.2, -0.15) is 5.10 Å². The monoisotopic (exact) mass is 398 g/mol. The lowest BCUT2D eigenvalue weighted by Gasteiger charge is -2.19. The van der Waals surface area contributed by atoms with Crippen molar-refractivity contribution in [2.75, 3.05) is 17.7 Å². The molecule has 0 fully saturated rings. The summed E-state index contributed by atoms with van der Waals surface area (Å²) >= 11 is 0. The summed E-state index contributed by atoms with van der Waals surface area (Å²) in [6, 6.07) is 15.4.